The number of anilines is 1. The number of benzene rings is 1. The summed E-state index contributed by atoms with van der Waals surface area (Å²) in [5.41, 5.74) is 1.51. The van der Waals surface area contributed by atoms with Crippen molar-refractivity contribution in [2.75, 3.05) is 5.32 Å². The lowest BCUT2D eigenvalue weighted by Gasteiger charge is -2.05. The van der Waals surface area contributed by atoms with Crippen molar-refractivity contribution in [3.8, 4) is 5.69 Å². The Hall–Kier alpha value is -2.67. The van der Waals surface area contributed by atoms with E-state index in [0.717, 1.165) is 5.69 Å². The third-order valence-electron chi connectivity index (χ3n) is 3.52. The van der Waals surface area contributed by atoms with E-state index in [2.05, 4.69) is 20.5 Å². The van der Waals surface area contributed by atoms with Crippen LogP contribution in [0.25, 0.3) is 5.69 Å². The summed E-state index contributed by atoms with van der Waals surface area (Å²) < 4.78 is 3.20. The molecular formula is C16H17ClN6O. The average molecular weight is 345 g/mol. The van der Waals surface area contributed by atoms with Gasteiger partial charge in [-0.2, -0.15) is 5.10 Å². The number of rotatable bonds is 4. The first-order valence-electron chi connectivity index (χ1n) is 7.52. The monoisotopic (exact) mass is 344 g/mol. The largest absolute Gasteiger partial charge is 0.304 e. The van der Waals surface area contributed by atoms with Crippen molar-refractivity contribution >= 4 is 23.3 Å². The Morgan fingerprint density at radius 1 is 1.29 bits per heavy atom. The highest BCUT2D eigenvalue weighted by Gasteiger charge is 2.19. The molecule has 0 bridgehead atoms. The number of nitrogens with zero attached hydrogens (tertiary/aromatic N) is 5. The molecule has 7 nitrogen and oxygen atoms in total. The minimum Gasteiger partial charge on any atom is -0.304 e. The van der Waals surface area contributed by atoms with Gasteiger partial charge in [0.05, 0.1) is 16.4 Å². The van der Waals surface area contributed by atoms with Crippen LogP contribution in [-0.4, -0.2) is 30.5 Å². The zero-order chi connectivity index (χ0) is 17.3. The molecule has 3 aromatic rings. The maximum absolute atomic E-state index is 12.4. The van der Waals surface area contributed by atoms with Crippen molar-refractivity contribution in [3.63, 3.8) is 0 Å². The van der Waals surface area contributed by atoms with Gasteiger partial charge in [-0.3, -0.25) is 9.48 Å². The molecule has 1 amide bonds. The molecule has 0 aliphatic heterocycles. The number of halogens is 1. The number of carbonyl (C=O) groups excluding carboxylic acids is 1. The summed E-state index contributed by atoms with van der Waals surface area (Å²) in [5.74, 6) is 0.947. The molecule has 3 rings (SSSR count). The predicted molar refractivity (Wildman–Crippen MR) is 91.6 cm³/mol. The van der Waals surface area contributed by atoms with Gasteiger partial charge < -0.3 is 5.32 Å². The Morgan fingerprint density at radius 2 is 2.04 bits per heavy atom. The van der Waals surface area contributed by atoms with Crippen LogP contribution in [0.2, 0.25) is 5.02 Å². The van der Waals surface area contributed by atoms with Gasteiger partial charge in [-0.1, -0.05) is 30.7 Å². The highest BCUT2D eigenvalue weighted by molar-refractivity contribution is 6.32. The average Bonchev–Trinajstić information content (AvgIpc) is 3.11. The van der Waals surface area contributed by atoms with Crippen molar-refractivity contribution in [2.24, 2.45) is 7.05 Å². The van der Waals surface area contributed by atoms with E-state index < -0.39 is 5.91 Å². The Labute approximate surface area is 144 Å². The van der Waals surface area contributed by atoms with Gasteiger partial charge in [-0.15, -0.1) is 5.10 Å². The van der Waals surface area contributed by atoms with Gasteiger partial charge in [0.1, 0.15) is 11.6 Å². The van der Waals surface area contributed by atoms with Crippen LogP contribution in [0.1, 0.15) is 29.1 Å². The molecule has 0 unspecified atom stereocenters. The van der Waals surface area contributed by atoms with E-state index in [-0.39, 0.29) is 5.82 Å². The molecule has 124 valence electrons. The van der Waals surface area contributed by atoms with Crippen molar-refractivity contribution < 1.29 is 4.79 Å². The molecule has 2 heterocycles. The van der Waals surface area contributed by atoms with Crippen LogP contribution in [0.4, 0.5) is 5.82 Å². The molecule has 0 spiro atoms. The highest BCUT2D eigenvalue weighted by Crippen LogP contribution is 2.21. The molecule has 24 heavy (non-hydrogen) atoms. The van der Waals surface area contributed by atoms with Crippen molar-refractivity contribution in [3.05, 3.63) is 52.7 Å². The number of hydrogen-bond acceptors (Lipinski definition) is 4. The second kappa shape index (κ2) is 6.45. The van der Waals surface area contributed by atoms with Gasteiger partial charge in [0.2, 0.25) is 5.82 Å². The number of aromatic nitrogens is 5. The minimum atomic E-state index is -0.390. The van der Waals surface area contributed by atoms with E-state index in [4.69, 9.17) is 11.6 Å². The predicted octanol–water partition coefficient (Wildman–Crippen LogP) is 2.78. The fourth-order valence-corrected chi connectivity index (χ4v) is 2.60. The quantitative estimate of drug-likeness (QED) is 0.789. The molecule has 8 heteroatoms. The first-order valence-corrected chi connectivity index (χ1v) is 7.90. The molecule has 2 aromatic heterocycles. The summed E-state index contributed by atoms with van der Waals surface area (Å²) in [7, 11) is 1.76. The zero-order valence-electron chi connectivity index (χ0n) is 13.6. The van der Waals surface area contributed by atoms with Crippen molar-refractivity contribution in [2.45, 2.75) is 20.3 Å². The Balaban J connectivity index is 1.94. The van der Waals surface area contributed by atoms with E-state index in [1.165, 1.54) is 0 Å². The number of hydrogen-bond donors (Lipinski definition) is 1. The third-order valence-corrected chi connectivity index (χ3v) is 3.84. The van der Waals surface area contributed by atoms with Gasteiger partial charge in [-0.25, -0.2) is 9.67 Å². The SMILES string of the molecule is CCc1nc(C(=O)Nc2cc(C)nn2C)nn1-c1ccccc1Cl. The maximum atomic E-state index is 12.4. The number of amides is 1. The number of nitrogens with one attached hydrogen (secondary N) is 1. The van der Waals surface area contributed by atoms with Crippen molar-refractivity contribution in [1.29, 1.82) is 0 Å². The van der Waals surface area contributed by atoms with E-state index >= 15 is 0 Å². The lowest BCUT2D eigenvalue weighted by Crippen LogP contribution is -2.16. The van der Waals surface area contributed by atoms with Gasteiger partial charge in [0.25, 0.3) is 5.91 Å². The Morgan fingerprint density at radius 3 is 2.67 bits per heavy atom. The molecule has 0 saturated carbocycles. The molecule has 0 atom stereocenters. The summed E-state index contributed by atoms with van der Waals surface area (Å²) in [6, 6.07) is 9.09. The second-order valence-electron chi connectivity index (χ2n) is 5.32. The molecule has 1 N–H and O–H groups in total. The van der Waals surface area contributed by atoms with Gasteiger partial charge >= 0.3 is 0 Å². The van der Waals surface area contributed by atoms with E-state index in [1.54, 1.807) is 28.5 Å². The first kappa shape index (κ1) is 16.2. The molecule has 0 fully saturated rings. The maximum Gasteiger partial charge on any atom is 0.296 e. The lowest BCUT2D eigenvalue weighted by atomic mass is 10.3. The van der Waals surface area contributed by atoms with Gasteiger partial charge in [0, 0.05) is 19.5 Å². The third kappa shape index (κ3) is 3.03. The second-order valence-corrected chi connectivity index (χ2v) is 5.72. The van der Waals surface area contributed by atoms with Crippen LogP contribution < -0.4 is 5.32 Å². The van der Waals surface area contributed by atoms with Crippen LogP contribution in [0.15, 0.2) is 30.3 Å². The molecule has 0 radical (unpaired) electrons. The van der Waals surface area contributed by atoms with E-state index in [1.807, 2.05) is 32.0 Å². The standard InChI is InChI=1S/C16H17ClN6O/c1-4-13-18-15(16(24)19-14-9-10(2)20-22(14)3)21-23(13)12-8-6-5-7-11(12)17/h5-9H,4H2,1-3H3,(H,19,24). The Kier molecular flexibility index (Phi) is 4.35. The summed E-state index contributed by atoms with van der Waals surface area (Å²) in [6.45, 7) is 3.80. The van der Waals surface area contributed by atoms with Crippen LogP contribution in [-0.2, 0) is 13.5 Å². The smallest absolute Gasteiger partial charge is 0.296 e. The fraction of sp³-hybridized carbons (Fsp3) is 0.250. The molecule has 0 aliphatic carbocycles. The zero-order valence-corrected chi connectivity index (χ0v) is 14.4. The van der Waals surface area contributed by atoms with Crippen LogP contribution in [0.3, 0.4) is 0 Å². The summed E-state index contributed by atoms with van der Waals surface area (Å²) in [4.78, 5) is 16.8. The number of carbonyl (C=O) groups is 1. The molecule has 0 aliphatic rings. The molecular weight excluding hydrogens is 328 g/mol. The molecule has 0 saturated heterocycles. The summed E-state index contributed by atoms with van der Waals surface area (Å²) >= 11 is 6.23. The minimum absolute atomic E-state index is 0.0885. The number of aryl methyl sites for hydroxylation is 3. The first-order chi connectivity index (χ1) is 11.5. The van der Waals surface area contributed by atoms with Gasteiger partial charge in [-0.05, 0) is 19.1 Å². The van der Waals surface area contributed by atoms with E-state index in [9.17, 15) is 4.79 Å². The lowest BCUT2D eigenvalue weighted by molar-refractivity contribution is 0.101. The molecule has 1 aromatic carbocycles. The van der Waals surface area contributed by atoms with Crippen LogP contribution >= 0.6 is 11.6 Å². The van der Waals surface area contributed by atoms with Gasteiger partial charge in [0.15, 0.2) is 0 Å². The van der Waals surface area contributed by atoms with Crippen LogP contribution in [0, 0.1) is 6.92 Å². The summed E-state index contributed by atoms with van der Waals surface area (Å²) in [5, 5.41) is 11.8. The topological polar surface area (TPSA) is 77.6 Å². The fourth-order valence-electron chi connectivity index (χ4n) is 2.39. The van der Waals surface area contributed by atoms with E-state index in [0.29, 0.717) is 28.8 Å². The van der Waals surface area contributed by atoms with Crippen LogP contribution in [0.5, 0.6) is 0 Å². The number of para-hydroxylation sites is 1. The highest BCUT2D eigenvalue weighted by atomic mass is 35.5. The normalized spacial score (nSPS) is 10.8. The van der Waals surface area contributed by atoms with Crippen molar-refractivity contribution in [1.82, 2.24) is 24.5 Å². The summed E-state index contributed by atoms with van der Waals surface area (Å²) in [6.07, 6.45) is 0.621. The Bertz CT molecular complexity index is 898.